The summed E-state index contributed by atoms with van der Waals surface area (Å²) in [7, 11) is 0. The van der Waals surface area contributed by atoms with E-state index < -0.39 is 30.4 Å². The van der Waals surface area contributed by atoms with E-state index in [0.29, 0.717) is 18.5 Å². The number of piperidine rings is 1. The summed E-state index contributed by atoms with van der Waals surface area (Å²) in [6.45, 7) is 0.648. The van der Waals surface area contributed by atoms with Gasteiger partial charge in [0.05, 0.1) is 12.2 Å². The molecule has 1 fully saturated rings. The number of carbonyl (C=O) groups excluding carboxylic acids is 2. The minimum Gasteiger partial charge on any atom is -0.326 e. The maximum absolute atomic E-state index is 13.6. The zero-order valence-corrected chi connectivity index (χ0v) is 13.6. The zero-order valence-electron chi connectivity index (χ0n) is 13.6. The van der Waals surface area contributed by atoms with Crippen molar-refractivity contribution in [1.29, 1.82) is 0 Å². The first-order valence-electron chi connectivity index (χ1n) is 7.81. The van der Waals surface area contributed by atoms with Gasteiger partial charge in [0.25, 0.3) is 0 Å². The molecule has 0 aromatic heterocycles. The molecule has 2 rings (SSSR count). The number of alkyl halides is 3. The number of likely N-dealkylation sites (tertiary alicyclic amines) is 1. The second kappa shape index (κ2) is 7.81. The molecule has 0 radical (unpaired) electrons. The van der Waals surface area contributed by atoms with Gasteiger partial charge in [-0.3, -0.25) is 14.5 Å². The average Bonchev–Trinajstić information content (AvgIpc) is 2.49. The first-order chi connectivity index (χ1) is 11.6. The Morgan fingerprint density at radius 1 is 1.20 bits per heavy atom. The fraction of sp³-hybridized carbons (Fsp3) is 0.500. The second-order valence-electron chi connectivity index (χ2n) is 6.03. The molecule has 1 heterocycles. The predicted molar refractivity (Wildman–Crippen MR) is 84.6 cm³/mol. The standard InChI is InChI=1S/C16H19F4N3O2/c1-10(24)21-14-8-12(2-3-13(14)17)22-15(25)11-4-6-23(7-5-11)9-16(18,19)20/h2-3,8,11H,4-7,9H2,1H3,(H,21,24)(H,22,25). The molecule has 1 aliphatic rings. The number of rotatable bonds is 4. The SMILES string of the molecule is CC(=O)Nc1cc(NC(=O)C2CCN(CC(F)(F)F)CC2)ccc1F. The Morgan fingerprint density at radius 3 is 2.40 bits per heavy atom. The highest BCUT2D eigenvalue weighted by Crippen LogP contribution is 2.25. The lowest BCUT2D eigenvalue weighted by Crippen LogP contribution is -2.42. The van der Waals surface area contributed by atoms with Crippen LogP contribution in [0, 0.1) is 11.7 Å². The van der Waals surface area contributed by atoms with Crippen molar-refractivity contribution in [2.24, 2.45) is 5.92 Å². The number of hydrogen-bond acceptors (Lipinski definition) is 3. The molecule has 9 heteroatoms. The van der Waals surface area contributed by atoms with E-state index in [2.05, 4.69) is 10.6 Å². The van der Waals surface area contributed by atoms with Crippen LogP contribution in [-0.4, -0.2) is 42.5 Å². The summed E-state index contributed by atoms with van der Waals surface area (Å²) < 4.78 is 50.7. The predicted octanol–water partition coefficient (Wildman–Crippen LogP) is 3.00. The number of carbonyl (C=O) groups is 2. The highest BCUT2D eigenvalue weighted by Gasteiger charge is 2.33. The summed E-state index contributed by atoms with van der Waals surface area (Å²) in [6, 6.07) is 3.78. The number of amides is 2. The lowest BCUT2D eigenvalue weighted by atomic mass is 9.96. The van der Waals surface area contributed by atoms with Crippen LogP contribution in [-0.2, 0) is 9.59 Å². The Kier molecular flexibility index (Phi) is 5.99. The first-order valence-corrected chi connectivity index (χ1v) is 7.81. The Balaban J connectivity index is 1.91. The van der Waals surface area contributed by atoms with E-state index in [-0.39, 0.29) is 24.7 Å². The lowest BCUT2D eigenvalue weighted by Gasteiger charge is -2.31. The number of halogens is 4. The smallest absolute Gasteiger partial charge is 0.326 e. The number of hydrogen-bond donors (Lipinski definition) is 2. The molecule has 1 aromatic rings. The minimum absolute atomic E-state index is 0.0507. The number of nitrogens with zero attached hydrogens (tertiary/aromatic N) is 1. The van der Waals surface area contributed by atoms with Gasteiger partial charge in [0, 0.05) is 18.5 Å². The van der Waals surface area contributed by atoms with Crippen molar-refractivity contribution in [3.8, 4) is 0 Å². The second-order valence-corrected chi connectivity index (χ2v) is 6.03. The molecule has 0 unspecified atom stereocenters. The monoisotopic (exact) mass is 361 g/mol. The van der Waals surface area contributed by atoms with Gasteiger partial charge >= 0.3 is 6.18 Å². The van der Waals surface area contributed by atoms with E-state index in [1.807, 2.05) is 0 Å². The normalized spacial score (nSPS) is 16.5. The molecule has 1 aromatic carbocycles. The Morgan fingerprint density at radius 2 is 1.84 bits per heavy atom. The molecule has 0 saturated carbocycles. The van der Waals surface area contributed by atoms with Crippen LogP contribution in [0.1, 0.15) is 19.8 Å². The number of anilines is 2. The molecule has 0 spiro atoms. The van der Waals surface area contributed by atoms with E-state index in [1.165, 1.54) is 24.0 Å². The van der Waals surface area contributed by atoms with Crippen molar-refractivity contribution in [2.75, 3.05) is 30.3 Å². The summed E-state index contributed by atoms with van der Waals surface area (Å²) >= 11 is 0. The molecule has 0 aliphatic carbocycles. The zero-order chi connectivity index (χ0) is 18.6. The van der Waals surface area contributed by atoms with E-state index in [4.69, 9.17) is 0 Å². The average molecular weight is 361 g/mol. The van der Waals surface area contributed by atoms with Crippen LogP contribution in [0.25, 0.3) is 0 Å². The van der Waals surface area contributed by atoms with Gasteiger partial charge in [0.2, 0.25) is 11.8 Å². The van der Waals surface area contributed by atoms with Crippen LogP contribution in [0.15, 0.2) is 18.2 Å². The van der Waals surface area contributed by atoms with Crippen LogP contribution in [0.4, 0.5) is 28.9 Å². The van der Waals surface area contributed by atoms with E-state index in [9.17, 15) is 27.2 Å². The first kappa shape index (κ1) is 19.2. The fourth-order valence-electron chi connectivity index (χ4n) is 2.74. The highest BCUT2D eigenvalue weighted by atomic mass is 19.4. The van der Waals surface area contributed by atoms with Gasteiger partial charge in [0.15, 0.2) is 0 Å². The summed E-state index contributed by atoms with van der Waals surface area (Å²) in [6.07, 6.45) is -3.60. The van der Waals surface area contributed by atoms with E-state index >= 15 is 0 Å². The van der Waals surface area contributed by atoms with Crippen molar-refractivity contribution in [1.82, 2.24) is 4.90 Å². The molecular formula is C16H19F4N3O2. The van der Waals surface area contributed by atoms with Crippen LogP contribution in [0.2, 0.25) is 0 Å². The van der Waals surface area contributed by atoms with Crippen LogP contribution in [0.5, 0.6) is 0 Å². The fourth-order valence-corrected chi connectivity index (χ4v) is 2.74. The molecule has 2 N–H and O–H groups in total. The van der Waals surface area contributed by atoms with Crippen molar-refractivity contribution in [2.45, 2.75) is 25.9 Å². The van der Waals surface area contributed by atoms with Crippen molar-refractivity contribution < 1.29 is 27.2 Å². The summed E-state index contributed by atoms with van der Waals surface area (Å²) in [5.41, 5.74) is 0.262. The molecule has 2 amide bonds. The lowest BCUT2D eigenvalue weighted by molar-refractivity contribution is -0.149. The molecule has 0 atom stereocenters. The Labute approximate surface area is 142 Å². The van der Waals surface area contributed by atoms with Gasteiger partial charge in [-0.1, -0.05) is 0 Å². The third-order valence-electron chi connectivity index (χ3n) is 3.91. The molecule has 5 nitrogen and oxygen atoms in total. The molecule has 1 aliphatic heterocycles. The van der Waals surface area contributed by atoms with E-state index in [1.54, 1.807) is 0 Å². The third-order valence-corrected chi connectivity index (χ3v) is 3.91. The Bertz CT molecular complexity index is 641. The maximum atomic E-state index is 13.6. The van der Waals surface area contributed by atoms with E-state index in [0.717, 1.165) is 6.07 Å². The summed E-state index contributed by atoms with van der Waals surface area (Å²) in [5.74, 6) is -1.81. The molecule has 138 valence electrons. The quantitative estimate of drug-likeness (QED) is 0.811. The molecule has 25 heavy (non-hydrogen) atoms. The number of nitrogens with one attached hydrogen (secondary N) is 2. The van der Waals surface area contributed by atoms with Gasteiger partial charge in [-0.05, 0) is 44.1 Å². The molecular weight excluding hydrogens is 342 g/mol. The number of benzene rings is 1. The van der Waals surface area contributed by atoms with Crippen LogP contribution < -0.4 is 10.6 Å². The summed E-state index contributed by atoms with van der Waals surface area (Å²) in [5, 5.41) is 4.93. The highest BCUT2D eigenvalue weighted by molar-refractivity contribution is 5.94. The van der Waals surface area contributed by atoms with Gasteiger partial charge in [-0.2, -0.15) is 13.2 Å². The van der Waals surface area contributed by atoms with Crippen molar-refractivity contribution in [3.05, 3.63) is 24.0 Å². The topological polar surface area (TPSA) is 61.4 Å². The van der Waals surface area contributed by atoms with Gasteiger partial charge in [-0.25, -0.2) is 4.39 Å². The van der Waals surface area contributed by atoms with Crippen molar-refractivity contribution in [3.63, 3.8) is 0 Å². The van der Waals surface area contributed by atoms with Gasteiger partial charge in [-0.15, -0.1) is 0 Å². The van der Waals surface area contributed by atoms with Gasteiger partial charge < -0.3 is 10.6 Å². The van der Waals surface area contributed by atoms with Gasteiger partial charge in [0.1, 0.15) is 5.82 Å². The van der Waals surface area contributed by atoms with Crippen LogP contribution >= 0.6 is 0 Å². The largest absolute Gasteiger partial charge is 0.401 e. The molecule has 0 bridgehead atoms. The summed E-state index contributed by atoms with van der Waals surface area (Å²) in [4.78, 5) is 24.5. The third kappa shape index (κ3) is 6.00. The minimum atomic E-state index is -4.25. The Hall–Kier alpha value is -2.16. The maximum Gasteiger partial charge on any atom is 0.401 e. The van der Waals surface area contributed by atoms with Crippen LogP contribution in [0.3, 0.4) is 0 Å². The molecule has 1 saturated heterocycles. The van der Waals surface area contributed by atoms with Crippen molar-refractivity contribution >= 4 is 23.2 Å².